The van der Waals surface area contributed by atoms with Gasteiger partial charge in [0.05, 0.1) is 30.8 Å². The summed E-state index contributed by atoms with van der Waals surface area (Å²) in [5, 5.41) is 40.2. The van der Waals surface area contributed by atoms with E-state index in [0.717, 1.165) is 16.0 Å². The lowest BCUT2D eigenvalue weighted by Crippen LogP contribution is -2.56. The van der Waals surface area contributed by atoms with E-state index in [0.29, 0.717) is 12.2 Å². The van der Waals surface area contributed by atoms with Crippen molar-refractivity contribution in [2.45, 2.75) is 70.1 Å². The quantitative estimate of drug-likeness (QED) is 0.197. The second kappa shape index (κ2) is 15.2. The number of amides is 2. The van der Waals surface area contributed by atoms with Crippen LogP contribution < -0.4 is 15.7 Å². The van der Waals surface area contributed by atoms with Crippen molar-refractivity contribution in [3.8, 4) is 0 Å². The summed E-state index contributed by atoms with van der Waals surface area (Å²) in [6.07, 6.45) is -0.586. The first-order valence-corrected chi connectivity index (χ1v) is 13.6. The predicted octanol–water partition coefficient (Wildman–Crippen LogP) is 1.61. The lowest BCUT2D eigenvalue weighted by atomic mass is 9.99. The van der Waals surface area contributed by atoms with Gasteiger partial charge in [-0.05, 0) is 44.7 Å². The minimum absolute atomic E-state index is 0.0198. The number of hydrogen-bond donors (Lipinski definition) is 5. The maximum absolute atomic E-state index is 12.5. The van der Waals surface area contributed by atoms with Gasteiger partial charge >= 0.3 is 6.09 Å². The first-order valence-electron chi connectivity index (χ1n) is 13.6. The molecule has 0 aliphatic carbocycles. The molecule has 0 saturated heterocycles. The monoisotopic (exact) mass is 566 g/mol. The molecule has 0 aliphatic heterocycles. The van der Waals surface area contributed by atoms with Gasteiger partial charge in [0.15, 0.2) is 0 Å². The zero-order valence-electron chi connectivity index (χ0n) is 23.7. The molecule has 11 nitrogen and oxygen atoms in total. The molecule has 0 unspecified atom stereocenters. The zero-order chi connectivity index (χ0) is 29.8. The largest absolute Gasteiger partial charge is 0.530 e. The molecule has 222 valence electrons. The smallest absolute Gasteiger partial charge is 0.407 e. The van der Waals surface area contributed by atoms with E-state index in [2.05, 4.69) is 20.6 Å². The van der Waals surface area contributed by atoms with E-state index in [1.54, 1.807) is 27.0 Å². The number of aromatic nitrogens is 2. The molecule has 0 fully saturated rings. The fraction of sp³-hybridized carbons (Fsp3) is 0.433. The van der Waals surface area contributed by atoms with Crippen LogP contribution in [-0.2, 0) is 24.1 Å². The molecule has 3 rings (SSSR count). The SMILES string of the molecule is CC(C)(C)OC(=O)N[C@@H](Cc1ccccc1)[C@H](O)CNC[C@@H](O)[C@H](Cc1ccccc1)N(Cc1ncc[nH]1)C(=O)[O-]. The van der Waals surface area contributed by atoms with Crippen LogP contribution in [0.15, 0.2) is 73.1 Å². The highest BCUT2D eigenvalue weighted by atomic mass is 16.6. The van der Waals surface area contributed by atoms with Gasteiger partial charge in [-0.25, -0.2) is 9.78 Å². The van der Waals surface area contributed by atoms with Gasteiger partial charge in [-0.15, -0.1) is 0 Å². The number of benzene rings is 2. The van der Waals surface area contributed by atoms with Crippen LogP contribution in [0, 0.1) is 0 Å². The van der Waals surface area contributed by atoms with Crippen LogP contribution in [-0.4, -0.2) is 80.2 Å². The second-order valence-corrected chi connectivity index (χ2v) is 10.9. The Hall–Kier alpha value is -3.93. The summed E-state index contributed by atoms with van der Waals surface area (Å²) in [6.45, 7) is 5.17. The number of aromatic amines is 1. The third-order valence-corrected chi connectivity index (χ3v) is 6.41. The average Bonchev–Trinajstić information content (AvgIpc) is 3.43. The summed E-state index contributed by atoms with van der Waals surface area (Å²) in [5.41, 5.74) is 1.05. The van der Waals surface area contributed by atoms with Gasteiger partial charge in [0.25, 0.3) is 0 Å². The molecule has 3 aromatic rings. The molecule has 0 bridgehead atoms. The molecular formula is C30H40N5O6-. The van der Waals surface area contributed by atoms with E-state index in [1.807, 2.05) is 60.7 Å². The number of nitrogens with zero attached hydrogens (tertiary/aromatic N) is 2. The number of carbonyl (C=O) groups is 2. The number of ether oxygens (including phenoxy) is 1. The topological polar surface area (TPSA) is 163 Å². The molecule has 11 heteroatoms. The van der Waals surface area contributed by atoms with E-state index in [1.165, 1.54) is 6.20 Å². The van der Waals surface area contributed by atoms with Crippen LogP contribution in [0.25, 0.3) is 0 Å². The number of carbonyl (C=O) groups excluding carboxylic acids is 2. The molecule has 1 heterocycles. The van der Waals surface area contributed by atoms with Crippen molar-refractivity contribution in [3.63, 3.8) is 0 Å². The van der Waals surface area contributed by atoms with Gasteiger partial charge in [-0.1, -0.05) is 60.7 Å². The molecule has 0 spiro atoms. The maximum atomic E-state index is 12.5. The second-order valence-electron chi connectivity index (χ2n) is 10.9. The highest BCUT2D eigenvalue weighted by molar-refractivity contribution is 5.68. The Morgan fingerprint density at radius 2 is 1.56 bits per heavy atom. The fourth-order valence-electron chi connectivity index (χ4n) is 4.44. The summed E-state index contributed by atoms with van der Waals surface area (Å²) < 4.78 is 5.38. The number of H-pyrrole nitrogens is 1. The Morgan fingerprint density at radius 1 is 0.976 bits per heavy atom. The summed E-state index contributed by atoms with van der Waals surface area (Å²) >= 11 is 0. The lowest BCUT2D eigenvalue weighted by Gasteiger charge is -2.37. The average molecular weight is 567 g/mol. The number of carboxylic acid groups (broad SMARTS) is 1. The Kier molecular flexibility index (Phi) is 11.7. The number of aliphatic hydroxyl groups is 2. The summed E-state index contributed by atoms with van der Waals surface area (Å²) in [4.78, 5) is 32.7. The van der Waals surface area contributed by atoms with Crippen LogP contribution in [0.5, 0.6) is 0 Å². The highest BCUT2D eigenvalue weighted by Gasteiger charge is 2.29. The maximum Gasteiger partial charge on any atom is 0.407 e. The molecule has 41 heavy (non-hydrogen) atoms. The van der Waals surface area contributed by atoms with Gasteiger partial charge in [-0.3, -0.25) is 0 Å². The van der Waals surface area contributed by atoms with Gasteiger partial charge in [0, 0.05) is 25.5 Å². The van der Waals surface area contributed by atoms with Gasteiger partial charge in [-0.2, -0.15) is 0 Å². The minimum atomic E-state index is -1.44. The molecule has 0 aliphatic rings. The highest BCUT2D eigenvalue weighted by Crippen LogP contribution is 2.16. The summed E-state index contributed by atoms with van der Waals surface area (Å²) in [5.74, 6) is 0.416. The Balaban J connectivity index is 1.68. The number of rotatable bonds is 14. The number of imidazole rings is 1. The molecule has 5 N–H and O–H groups in total. The normalized spacial score (nSPS) is 14.5. The third-order valence-electron chi connectivity index (χ3n) is 6.41. The fourth-order valence-corrected chi connectivity index (χ4v) is 4.44. The van der Waals surface area contributed by atoms with E-state index in [9.17, 15) is 24.9 Å². The zero-order valence-corrected chi connectivity index (χ0v) is 23.7. The van der Waals surface area contributed by atoms with E-state index >= 15 is 0 Å². The minimum Gasteiger partial charge on any atom is -0.530 e. The van der Waals surface area contributed by atoms with Gasteiger partial charge < -0.3 is 45.4 Å². The summed E-state index contributed by atoms with van der Waals surface area (Å²) in [7, 11) is 0. The van der Waals surface area contributed by atoms with Crippen LogP contribution in [0.3, 0.4) is 0 Å². The first-order chi connectivity index (χ1) is 19.5. The molecule has 0 radical (unpaired) electrons. The molecule has 2 aromatic carbocycles. The molecule has 4 atom stereocenters. The van der Waals surface area contributed by atoms with Crippen molar-refractivity contribution in [3.05, 3.63) is 90.0 Å². The number of nitrogens with one attached hydrogen (secondary N) is 3. The molecule has 0 saturated carbocycles. The van der Waals surface area contributed by atoms with Crippen molar-refractivity contribution in [1.29, 1.82) is 0 Å². The molecular weight excluding hydrogens is 526 g/mol. The van der Waals surface area contributed by atoms with Crippen LogP contribution >= 0.6 is 0 Å². The Bertz CT molecular complexity index is 1190. The number of aliphatic hydroxyl groups excluding tert-OH is 2. The van der Waals surface area contributed by atoms with Crippen molar-refractivity contribution < 1.29 is 29.6 Å². The van der Waals surface area contributed by atoms with Crippen molar-refractivity contribution >= 4 is 12.2 Å². The predicted molar refractivity (Wildman–Crippen MR) is 152 cm³/mol. The van der Waals surface area contributed by atoms with Gasteiger partial charge in [0.2, 0.25) is 0 Å². The van der Waals surface area contributed by atoms with Crippen LogP contribution in [0.4, 0.5) is 9.59 Å². The molecule has 1 aromatic heterocycles. The Morgan fingerprint density at radius 3 is 2.10 bits per heavy atom. The number of alkyl carbamates (subject to hydrolysis) is 1. The van der Waals surface area contributed by atoms with Crippen LogP contribution in [0.2, 0.25) is 0 Å². The van der Waals surface area contributed by atoms with Crippen molar-refractivity contribution in [2.24, 2.45) is 0 Å². The third kappa shape index (κ3) is 10.9. The van der Waals surface area contributed by atoms with E-state index in [4.69, 9.17) is 4.74 Å². The van der Waals surface area contributed by atoms with Gasteiger partial charge in [0.1, 0.15) is 17.5 Å². The molecule has 2 amide bonds. The first kappa shape index (κ1) is 31.6. The standard InChI is InChI=1S/C30H41N5O6/c1-30(2,3)41-28(38)34-23(16-21-10-6-4-7-11-21)25(36)18-31-19-26(37)24(17-22-12-8-5-9-13-22)35(29(39)40)20-27-32-14-15-33-27/h4-15,23-26,31,36-37H,16-20H2,1-3H3,(H,32,33)(H,34,38)(H,39,40)/p-1/t23-,24-,25+,26+/m0/s1. The van der Waals surface area contributed by atoms with Crippen molar-refractivity contribution in [1.82, 2.24) is 25.5 Å². The lowest BCUT2D eigenvalue weighted by molar-refractivity contribution is -0.270. The van der Waals surface area contributed by atoms with E-state index in [-0.39, 0.29) is 26.1 Å². The van der Waals surface area contributed by atoms with Crippen LogP contribution in [0.1, 0.15) is 37.7 Å². The Labute approximate surface area is 240 Å². The summed E-state index contributed by atoms with van der Waals surface area (Å²) in [6, 6.07) is 17.1. The van der Waals surface area contributed by atoms with Crippen molar-refractivity contribution in [2.75, 3.05) is 13.1 Å². The number of hydrogen-bond acceptors (Lipinski definition) is 8. The van der Waals surface area contributed by atoms with E-state index < -0.39 is 42.1 Å².